The predicted octanol–water partition coefficient (Wildman–Crippen LogP) is 4.73. The van der Waals surface area contributed by atoms with Crippen LogP contribution in [0.5, 0.6) is 0 Å². The summed E-state index contributed by atoms with van der Waals surface area (Å²) in [6, 6.07) is 7.39. The minimum atomic E-state index is -4.51. The van der Waals surface area contributed by atoms with Crippen molar-refractivity contribution in [2.75, 3.05) is 0 Å². The van der Waals surface area contributed by atoms with Crippen molar-refractivity contribution in [3.63, 3.8) is 0 Å². The van der Waals surface area contributed by atoms with Crippen molar-refractivity contribution in [1.29, 1.82) is 0 Å². The number of carbonyl (C=O) groups is 1. The van der Waals surface area contributed by atoms with E-state index in [4.69, 9.17) is 0 Å². The zero-order chi connectivity index (χ0) is 13.2. The Bertz CT molecular complexity index is 547. The van der Waals surface area contributed by atoms with Crippen molar-refractivity contribution >= 4 is 29.4 Å². The average Bonchev–Trinajstić information content (AvgIpc) is 2.80. The summed E-state index contributed by atoms with van der Waals surface area (Å²) in [5, 5.41) is 1.85. The fourth-order valence-electron chi connectivity index (χ4n) is 1.38. The standard InChI is InChI=1S/C12H7F3OS2/c13-12(14,15)10-6-9(4-3-8(10)7-16)18-11-2-1-5-17-11/h1-7H. The summed E-state index contributed by atoms with van der Waals surface area (Å²) in [5.41, 5.74) is -1.22. The molecule has 0 unspecified atom stereocenters. The molecule has 0 spiro atoms. The van der Waals surface area contributed by atoms with Gasteiger partial charge >= 0.3 is 6.18 Å². The number of hydrogen-bond acceptors (Lipinski definition) is 3. The van der Waals surface area contributed by atoms with Crippen LogP contribution in [0.1, 0.15) is 15.9 Å². The van der Waals surface area contributed by atoms with E-state index in [1.165, 1.54) is 35.2 Å². The normalized spacial score (nSPS) is 11.5. The summed E-state index contributed by atoms with van der Waals surface area (Å²) in [6.45, 7) is 0. The van der Waals surface area contributed by atoms with Crippen molar-refractivity contribution in [3.8, 4) is 0 Å². The Labute approximate surface area is 110 Å². The molecule has 0 aliphatic carbocycles. The van der Waals surface area contributed by atoms with Crippen molar-refractivity contribution in [3.05, 3.63) is 46.8 Å². The first-order valence-corrected chi connectivity index (χ1v) is 6.58. The number of alkyl halides is 3. The van der Waals surface area contributed by atoms with Gasteiger partial charge in [-0.05, 0) is 29.6 Å². The van der Waals surface area contributed by atoms with Crippen molar-refractivity contribution in [1.82, 2.24) is 0 Å². The third kappa shape index (κ3) is 2.94. The molecule has 0 aliphatic heterocycles. The summed E-state index contributed by atoms with van der Waals surface area (Å²) in [6.07, 6.45) is -4.29. The molecule has 1 aromatic heterocycles. The highest BCUT2D eigenvalue weighted by molar-refractivity contribution is 8.01. The SMILES string of the molecule is O=Cc1ccc(Sc2cccs2)cc1C(F)(F)F. The Balaban J connectivity index is 2.37. The lowest BCUT2D eigenvalue weighted by atomic mass is 10.1. The molecule has 94 valence electrons. The number of halogens is 3. The maximum atomic E-state index is 12.7. The maximum Gasteiger partial charge on any atom is 0.417 e. The lowest BCUT2D eigenvalue weighted by molar-refractivity contribution is -0.138. The second-order valence-corrected chi connectivity index (χ2v) is 5.72. The Hall–Kier alpha value is -1.27. The topological polar surface area (TPSA) is 17.1 Å². The summed E-state index contributed by atoms with van der Waals surface area (Å²) in [4.78, 5) is 11.1. The zero-order valence-electron chi connectivity index (χ0n) is 8.90. The number of benzene rings is 1. The van der Waals surface area contributed by atoms with Crippen LogP contribution in [0.25, 0.3) is 0 Å². The van der Waals surface area contributed by atoms with Gasteiger partial charge in [-0.1, -0.05) is 17.8 Å². The first-order valence-electron chi connectivity index (χ1n) is 4.88. The summed E-state index contributed by atoms with van der Waals surface area (Å²) in [7, 11) is 0. The van der Waals surface area contributed by atoms with E-state index in [2.05, 4.69) is 0 Å². The van der Waals surface area contributed by atoms with Crippen LogP contribution in [-0.4, -0.2) is 6.29 Å². The lowest BCUT2D eigenvalue weighted by Gasteiger charge is -2.10. The number of aldehydes is 1. The van der Waals surface area contributed by atoms with Gasteiger partial charge in [0.15, 0.2) is 6.29 Å². The quantitative estimate of drug-likeness (QED) is 0.759. The van der Waals surface area contributed by atoms with Crippen molar-refractivity contribution in [2.24, 2.45) is 0 Å². The van der Waals surface area contributed by atoms with Crippen LogP contribution >= 0.6 is 23.1 Å². The second-order valence-electron chi connectivity index (χ2n) is 3.40. The number of rotatable bonds is 3. The van der Waals surface area contributed by atoms with E-state index >= 15 is 0 Å². The van der Waals surface area contributed by atoms with E-state index in [0.29, 0.717) is 4.90 Å². The van der Waals surface area contributed by atoms with Gasteiger partial charge in [0.2, 0.25) is 0 Å². The molecule has 0 amide bonds. The number of thiophene rings is 1. The third-order valence-corrected chi connectivity index (χ3v) is 4.20. The van der Waals surface area contributed by atoms with E-state index in [9.17, 15) is 18.0 Å². The molecule has 0 saturated heterocycles. The number of carbonyl (C=O) groups excluding carboxylic acids is 1. The second kappa shape index (κ2) is 5.16. The molecule has 0 atom stereocenters. The largest absolute Gasteiger partial charge is 0.417 e. The Morgan fingerprint density at radius 3 is 2.56 bits per heavy atom. The minimum absolute atomic E-state index is 0.225. The van der Waals surface area contributed by atoms with Crippen molar-refractivity contribution in [2.45, 2.75) is 15.3 Å². The molecule has 0 radical (unpaired) electrons. The summed E-state index contributed by atoms with van der Waals surface area (Å²) in [5.74, 6) is 0. The van der Waals surface area contributed by atoms with Gasteiger partial charge in [-0.15, -0.1) is 11.3 Å². The highest BCUT2D eigenvalue weighted by Crippen LogP contribution is 2.37. The van der Waals surface area contributed by atoms with Crippen LogP contribution in [0.4, 0.5) is 13.2 Å². The van der Waals surface area contributed by atoms with Crippen LogP contribution < -0.4 is 0 Å². The molecule has 6 heteroatoms. The van der Waals surface area contributed by atoms with Gasteiger partial charge < -0.3 is 0 Å². The molecule has 0 bridgehead atoms. The van der Waals surface area contributed by atoms with Crippen molar-refractivity contribution < 1.29 is 18.0 Å². The van der Waals surface area contributed by atoms with Crippen LogP contribution in [0, 0.1) is 0 Å². The Kier molecular flexibility index (Phi) is 3.77. The molecule has 1 aromatic carbocycles. The molecule has 0 aliphatic rings. The fraction of sp³-hybridized carbons (Fsp3) is 0.0833. The van der Waals surface area contributed by atoms with Crippen LogP contribution in [0.3, 0.4) is 0 Å². The molecule has 2 rings (SSSR count). The lowest BCUT2D eigenvalue weighted by Crippen LogP contribution is -2.08. The number of hydrogen-bond donors (Lipinski definition) is 0. The maximum absolute atomic E-state index is 12.7. The Morgan fingerprint density at radius 2 is 2.00 bits per heavy atom. The van der Waals surface area contributed by atoms with Gasteiger partial charge in [0.25, 0.3) is 0 Å². The fourth-order valence-corrected chi connectivity index (χ4v) is 3.17. The van der Waals surface area contributed by atoms with Gasteiger partial charge in [-0.3, -0.25) is 4.79 Å². The molecular formula is C12H7F3OS2. The predicted molar refractivity (Wildman–Crippen MR) is 65.3 cm³/mol. The molecule has 0 fully saturated rings. The molecule has 2 aromatic rings. The van der Waals surface area contributed by atoms with Crippen LogP contribution in [0.2, 0.25) is 0 Å². The Morgan fingerprint density at radius 1 is 1.22 bits per heavy atom. The smallest absolute Gasteiger partial charge is 0.298 e. The first-order chi connectivity index (χ1) is 8.50. The van der Waals surface area contributed by atoms with Gasteiger partial charge in [0.05, 0.1) is 9.77 Å². The molecule has 1 nitrogen and oxygen atoms in total. The van der Waals surface area contributed by atoms with E-state index in [-0.39, 0.29) is 11.8 Å². The van der Waals surface area contributed by atoms with Gasteiger partial charge in [-0.25, -0.2) is 0 Å². The van der Waals surface area contributed by atoms with Crippen LogP contribution in [-0.2, 0) is 6.18 Å². The van der Waals surface area contributed by atoms with Gasteiger partial charge in [0, 0.05) is 10.5 Å². The molecule has 0 saturated carbocycles. The third-order valence-electron chi connectivity index (χ3n) is 2.17. The first kappa shape index (κ1) is 13.2. The molecule has 18 heavy (non-hydrogen) atoms. The van der Waals surface area contributed by atoms with E-state index < -0.39 is 11.7 Å². The monoisotopic (exact) mass is 288 g/mol. The van der Waals surface area contributed by atoms with Crippen LogP contribution in [0.15, 0.2) is 44.8 Å². The highest BCUT2D eigenvalue weighted by atomic mass is 32.2. The summed E-state index contributed by atoms with van der Waals surface area (Å²) < 4.78 is 39.1. The van der Waals surface area contributed by atoms with E-state index in [1.54, 1.807) is 0 Å². The average molecular weight is 288 g/mol. The zero-order valence-corrected chi connectivity index (χ0v) is 10.5. The molecule has 1 heterocycles. The molecular weight excluding hydrogens is 281 g/mol. The minimum Gasteiger partial charge on any atom is -0.298 e. The van der Waals surface area contributed by atoms with E-state index in [1.807, 2.05) is 17.5 Å². The van der Waals surface area contributed by atoms with Gasteiger partial charge in [-0.2, -0.15) is 13.2 Å². The molecule has 0 N–H and O–H groups in total. The van der Waals surface area contributed by atoms with E-state index in [0.717, 1.165) is 10.3 Å². The summed E-state index contributed by atoms with van der Waals surface area (Å²) >= 11 is 2.70. The highest BCUT2D eigenvalue weighted by Gasteiger charge is 2.33. The van der Waals surface area contributed by atoms with Gasteiger partial charge in [0.1, 0.15) is 0 Å².